The maximum Gasteiger partial charge on any atom is 0.255 e. The predicted octanol–water partition coefficient (Wildman–Crippen LogP) is 2.60. The summed E-state index contributed by atoms with van der Waals surface area (Å²) in [6, 6.07) is 7.86. The summed E-state index contributed by atoms with van der Waals surface area (Å²) in [5, 5.41) is 0. The third-order valence-corrected chi connectivity index (χ3v) is 2.87. The summed E-state index contributed by atoms with van der Waals surface area (Å²) in [5.41, 5.74) is 1.42. The van der Waals surface area contributed by atoms with E-state index in [1.165, 1.54) is 24.1 Å². The number of aromatic nitrogens is 1. The number of hydrogen-bond acceptors (Lipinski definition) is 3. The van der Waals surface area contributed by atoms with Gasteiger partial charge in [-0.2, -0.15) is 0 Å². The Balaban J connectivity index is 2.53. The number of pyridine rings is 1. The molecule has 2 rings (SSSR count). The molecule has 0 saturated heterocycles. The highest BCUT2D eigenvalue weighted by molar-refractivity contribution is 5.99. The van der Waals surface area contributed by atoms with E-state index in [2.05, 4.69) is 4.98 Å². The first kappa shape index (κ1) is 14.0. The molecule has 1 heterocycles. The zero-order valence-corrected chi connectivity index (χ0v) is 11.6. The molecule has 0 fully saturated rings. The highest BCUT2D eigenvalue weighted by atomic mass is 19.1. The zero-order valence-electron chi connectivity index (χ0n) is 11.6. The second-order valence-corrected chi connectivity index (χ2v) is 4.45. The van der Waals surface area contributed by atoms with Gasteiger partial charge < -0.3 is 9.64 Å². The maximum atomic E-state index is 13.8. The minimum atomic E-state index is -0.487. The van der Waals surface area contributed by atoms with Crippen molar-refractivity contribution in [1.82, 2.24) is 9.88 Å². The van der Waals surface area contributed by atoms with Crippen molar-refractivity contribution < 1.29 is 13.9 Å². The van der Waals surface area contributed by atoms with Gasteiger partial charge in [0.25, 0.3) is 5.91 Å². The van der Waals surface area contributed by atoms with Gasteiger partial charge in [0.05, 0.1) is 18.4 Å². The Morgan fingerprint density at radius 2 is 2.05 bits per heavy atom. The molecular weight excluding hydrogens is 259 g/mol. The molecule has 2 aromatic rings. The Bertz CT molecular complexity index is 642. The molecule has 0 spiro atoms. The number of rotatable bonds is 3. The van der Waals surface area contributed by atoms with Crippen LogP contribution >= 0.6 is 0 Å². The van der Waals surface area contributed by atoms with Gasteiger partial charge in [0.2, 0.25) is 0 Å². The number of amides is 1. The van der Waals surface area contributed by atoms with E-state index in [1.54, 1.807) is 38.5 Å². The van der Waals surface area contributed by atoms with Gasteiger partial charge in [-0.15, -0.1) is 0 Å². The normalized spacial score (nSPS) is 10.2. The van der Waals surface area contributed by atoms with E-state index >= 15 is 0 Å². The lowest BCUT2D eigenvalue weighted by atomic mass is 10.0. The summed E-state index contributed by atoms with van der Waals surface area (Å²) >= 11 is 0. The molecule has 0 bridgehead atoms. The van der Waals surface area contributed by atoms with Crippen LogP contribution in [-0.2, 0) is 0 Å². The Morgan fingerprint density at radius 3 is 2.65 bits per heavy atom. The number of carbonyl (C=O) groups is 1. The van der Waals surface area contributed by atoms with E-state index in [-0.39, 0.29) is 11.7 Å². The molecule has 5 heteroatoms. The quantitative estimate of drug-likeness (QED) is 0.864. The maximum absolute atomic E-state index is 13.8. The van der Waals surface area contributed by atoms with Gasteiger partial charge in [-0.3, -0.25) is 9.78 Å². The molecule has 20 heavy (non-hydrogen) atoms. The van der Waals surface area contributed by atoms with E-state index in [4.69, 9.17) is 4.74 Å². The fourth-order valence-electron chi connectivity index (χ4n) is 1.86. The number of halogens is 1. The SMILES string of the molecule is COc1ccc(-c2ncccc2C(=O)N(C)C)cc1F. The molecular formula is C15H15FN2O2. The van der Waals surface area contributed by atoms with Crippen molar-refractivity contribution in [3.63, 3.8) is 0 Å². The standard InChI is InChI=1S/C15H15FN2O2/c1-18(2)15(19)11-5-4-8-17-14(11)10-6-7-13(20-3)12(16)9-10/h4-9H,1-3H3. The third-order valence-electron chi connectivity index (χ3n) is 2.87. The number of carbonyl (C=O) groups excluding carboxylic acids is 1. The van der Waals surface area contributed by atoms with Crippen LogP contribution < -0.4 is 4.74 Å². The molecule has 0 saturated carbocycles. The van der Waals surface area contributed by atoms with E-state index in [9.17, 15) is 9.18 Å². The van der Waals surface area contributed by atoms with Crippen LogP contribution in [0.15, 0.2) is 36.5 Å². The van der Waals surface area contributed by atoms with E-state index in [0.29, 0.717) is 16.8 Å². The number of nitrogens with zero attached hydrogens (tertiary/aromatic N) is 2. The summed E-state index contributed by atoms with van der Waals surface area (Å²) < 4.78 is 18.7. The molecule has 0 atom stereocenters. The van der Waals surface area contributed by atoms with E-state index in [1.807, 2.05) is 0 Å². The molecule has 1 amide bonds. The smallest absolute Gasteiger partial charge is 0.255 e. The van der Waals surface area contributed by atoms with Crippen LogP contribution in [0, 0.1) is 5.82 Å². The summed E-state index contributed by atoms with van der Waals surface area (Å²) in [6.07, 6.45) is 1.57. The van der Waals surface area contributed by atoms with Crippen molar-refractivity contribution in [2.75, 3.05) is 21.2 Å². The lowest BCUT2D eigenvalue weighted by molar-refractivity contribution is 0.0828. The molecule has 0 aliphatic carbocycles. The molecule has 0 unspecified atom stereocenters. The van der Waals surface area contributed by atoms with Crippen LogP contribution in [0.2, 0.25) is 0 Å². The van der Waals surface area contributed by atoms with Crippen LogP contribution in [0.1, 0.15) is 10.4 Å². The second kappa shape index (κ2) is 5.69. The zero-order chi connectivity index (χ0) is 14.7. The molecule has 0 radical (unpaired) electrons. The van der Waals surface area contributed by atoms with Gasteiger partial charge in [-0.05, 0) is 30.3 Å². The minimum absolute atomic E-state index is 0.158. The van der Waals surface area contributed by atoms with Crippen molar-refractivity contribution in [3.05, 3.63) is 47.9 Å². The highest BCUT2D eigenvalue weighted by Gasteiger charge is 2.16. The van der Waals surface area contributed by atoms with Crippen molar-refractivity contribution in [3.8, 4) is 17.0 Å². The van der Waals surface area contributed by atoms with Crippen LogP contribution in [0.3, 0.4) is 0 Å². The number of methoxy groups -OCH3 is 1. The van der Waals surface area contributed by atoms with Gasteiger partial charge >= 0.3 is 0 Å². The lowest BCUT2D eigenvalue weighted by Gasteiger charge is -2.13. The van der Waals surface area contributed by atoms with Crippen molar-refractivity contribution in [2.45, 2.75) is 0 Å². The third kappa shape index (κ3) is 2.61. The van der Waals surface area contributed by atoms with Crippen molar-refractivity contribution in [2.24, 2.45) is 0 Å². The monoisotopic (exact) mass is 274 g/mol. The number of ether oxygens (including phenoxy) is 1. The summed E-state index contributed by atoms with van der Waals surface area (Å²) in [4.78, 5) is 17.8. The van der Waals surface area contributed by atoms with Crippen LogP contribution in [0.4, 0.5) is 4.39 Å². The summed E-state index contributed by atoms with van der Waals surface area (Å²) in [6.45, 7) is 0. The fourth-order valence-corrected chi connectivity index (χ4v) is 1.86. The van der Waals surface area contributed by atoms with Gasteiger partial charge in [0.1, 0.15) is 0 Å². The highest BCUT2D eigenvalue weighted by Crippen LogP contribution is 2.26. The van der Waals surface area contributed by atoms with Gasteiger partial charge in [0, 0.05) is 25.9 Å². The fraction of sp³-hybridized carbons (Fsp3) is 0.200. The molecule has 104 valence electrons. The van der Waals surface area contributed by atoms with Gasteiger partial charge in [-0.1, -0.05) is 0 Å². The Kier molecular flexibility index (Phi) is 3.98. The van der Waals surface area contributed by atoms with Crippen LogP contribution in [-0.4, -0.2) is 37.0 Å². The summed E-state index contributed by atoms with van der Waals surface area (Å²) in [5.74, 6) is -0.506. The Labute approximate surface area is 116 Å². The molecule has 0 N–H and O–H groups in total. The lowest BCUT2D eigenvalue weighted by Crippen LogP contribution is -2.22. The summed E-state index contributed by atoms with van der Waals surface area (Å²) in [7, 11) is 4.72. The van der Waals surface area contributed by atoms with E-state index in [0.717, 1.165) is 0 Å². The number of benzene rings is 1. The Hall–Kier alpha value is -2.43. The van der Waals surface area contributed by atoms with Crippen molar-refractivity contribution >= 4 is 5.91 Å². The molecule has 1 aromatic carbocycles. The van der Waals surface area contributed by atoms with Crippen LogP contribution in [0.25, 0.3) is 11.3 Å². The average molecular weight is 274 g/mol. The average Bonchev–Trinajstić information content (AvgIpc) is 2.46. The first-order valence-electron chi connectivity index (χ1n) is 6.05. The van der Waals surface area contributed by atoms with Gasteiger partial charge in [-0.25, -0.2) is 4.39 Å². The first-order chi connectivity index (χ1) is 9.54. The topological polar surface area (TPSA) is 42.4 Å². The molecule has 1 aromatic heterocycles. The molecule has 0 aliphatic heterocycles. The Morgan fingerprint density at radius 1 is 1.30 bits per heavy atom. The van der Waals surface area contributed by atoms with Gasteiger partial charge in [0.15, 0.2) is 11.6 Å². The van der Waals surface area contributed by atoms with E-state index < -0.39 is 5.82 Å². The first-order valence-corrected chi connectivity index (χ1v) is 6.05. The second-order valence-electron chi connectivity index (χ2n) is 4.45. The molecule has 0 aliphatic rings. The number of hydrogen-bond donors (Lipinski definition) is 0. The largest absolute Gasteiger partial charge is 0.494 e. The predicted molar refractivity (Wildman–Crippen MR) is 74.2 cm³/mol. The molecule has 4 nitrogen and oxygen atoms in total. The minimum Gasteiger partial charge on any atom is -0.494 e. The van der Waals surface area contributed by atoms with Crippen molar-refractivity contribution in [1.29, 1.82) is 0 Å². The van der Waals surface area contributed by atoms with Crippen LogP contribution in [0.5, 0.6) is 5.75 Å².